The summed E-state index contributed by atoms with van der Waals surface area (Å²) in [5.41, 5.74) is 0. The Morgan fingerprint density at radius 1 is 1.31 bits per heavy atom. The number of carbonyl (C=O) groups is 2. The van der Waals surface area contributed by atoms with Crippen LogP contribution in [-0.4, -0.2) is 61.4 Å². The Kier molecular flexibility index (Phi) is 5.25. The van der Waals surface area contributed by atoms with Gasteiger partial charge in [0.25, 0.3) is 0 Å². The normalized spacial score (nSPS) is 15.2. The molecule has 5 nitrogen and oxygen atoms in total. The third kappa shape index (κ3) is 3.81. The number of nitrogens with one attached hydrogen (secondary N) is 1. The summed E-state index contributed by atoms with van der Waals surface area (Å²) in [4.78, 5) is 26.6. The number of hydrogen-bond donors (Lipinski definition) is 1. The van der Waals surface area contributed by atoms with Crippen LogP contribution in [0, 0.1) is 0 Å². The molecule has 1 aliphatic rings. The van der Waals surface area contributed by atoms with Gasteiger partial charge in [-0.25, -0.2) is 0 Å². The van der Waals surface area contributed by atoms with Crippen LogP contribution in [0.3, 0.4) is 0 Å². The van der Waals surface area contributed by atoms with Gasteiger partial charge in [0.05, 0.1) is 13.1 Å². The van der Waals surface area contributed by atoms with Crippen LogP contribution in [0.2, 0.25) is 0 Å². The van der Waals surface area contributed by atoms with Gasteiger partial charge in [-0.3, -0.25) is 9.59 Å². The average molecular weight is 227 g/mol. The van der Waals surface area contributed by atoms with Gasteiger partial charge in [0.2, 0.25) is 11.8 Å². The molecular weight excluding hydrogens is 206 g/mol. The van der Waals surface area contributed by atoms with E-state index >= 15 is 0 Å². The second-order valence-corrected chi connectivity index (χ2v) is 4.12. The van der Waals surface area contributed by atoms with E-state index in [1.807, 2.05) is 11.8 Å². The summed E-state index contributed by atoms with van der Waals surface area (Å²) in [6, 6.07) is 0. The second kappa shape index (κ2) is 6.48. The van der Waals surface area contributed by atoms with E-state index in [1.165, 1.54) is 4.90 Å². The maximum Gasteiger partial charge on any atom is 0.242 e. The van der Waals surface area contributed by atoms with Crippen molar-refractivity contribution in [3.63, 3.8) is 0 Å². The van der Waals surface area contributed by atoms with Crippen molar-refractivity contribution in [2.75, 3.05) is 39.8 Å². The van der Waals surface area contributed by atoms with E-state index in [4.69, 9.17) is 0 Å². The highest BCUT2D eigenvalue weighted by atomic mass is 16.2. The van der Waals surface area contributed by atoms with E-state index in [1.54, 1.807) is 7.05 Å². The lowest BCUT2D eigenvalue weighted by Crippen LogP contribution is -2.42. The van der Waals surface area contributed by atoms with Gasteiger partial charge >= 0.3 is 0 Å². The molecule has 92 valence electrons. The fourth-order valence-corrected chi connectivity index (χ4v) is 1.72. The minimum Gasteiger partial charge on any atom is -0.341 e. The molecule has 0 bridgehead atoms. The highest BCUT2D eigenvalue weighted by Gasteiger charge is 2.20. The van der Waals surface area contributed by atoms with Crippen molar-refractivity contribution in [1.82, 2.24) is 15.1 Å². The number of hydrogen-bond acceptors (Lipinski definition) is 3. The highest BCUT2D eigenvalue weighted by Crippen LogP contribution is 2.07. The second-order valence-electron chi connectivity index (χ2n) is 4.12. The van der Waals surface area contributed by atoms with E-state index in [2.05, 4.69) is 5.32 Å². The number of carbonyl (C=O) groups excluding carboxylic acids is 2. The first-order chi connectivity index (χ1) is 7.65. The molecule has 0 radical (unpaired) electrons. The van der Waals surface area contributed by atoms with Crippen LogP contribution in [0.1, 0.15) is 19.8 Å². The number of likely N-dealkylation sites (N-methyl/N-ethyl adjacent to an activating group) is 2. The smallest absolute Gasteiger partial charge is 0.242 e. The topological polar surface area (TPSA) is 52.7 Å². The van der Waals surface area contributed by atoms with Crippen molar-refractivity contribution < 1.29 is 9.59 Å². The molecule has 1 heterocycles. The Morgan fingerprint density at radius 3 is 2.50 bits per heavy atom. The third-order valence-corrected chi connectivity index (χ3v) is 2.78. The molecule has 0 aromatic rings. The van der Waals surface area contributed by atoms with E-state index in [9.17, 15) is 9.59 Å². The summed E-state index contributed by atoms with van der Waals surface area (Å²) in [5, 5.41) is 2.96. The summed E-state index contributed by atoms with van der Waals surface area (Å²) in [7, 11) is 1.67. The van der Waals surface area contributed by atoms with Gasteiger partial charge in [-0.1, -0.05) is 6.92 Å². The molecule has 1 N–H and O–H groups in total. The molecule has 1 saturated heterocycles. The molecule has 0 aromatic carbocycles. The quantitative estimate of drug-likeness (QED) is 0.700. The maximum atomic E-state index is 11.7. The minimum absolute atomic E-state index is 0.0330. The Balaban J connectivity index is 2.29. The molecule has 2 amide bonds. The van der Waals surface area contributed by atoms with E-state index in [-0.39, 0.29) is 18.4 Å². The lowest BCUT2D eigenvalue weighted by atomic mass is 10.4. The van der Waals surface area contributed by atoms with Crippen molar-refractivity contribution in [2.24, 2.45) is 0 Å². The highest BCUT2D eigenvalue weighted by molar-refractivity contribution is 5.85. The predicted molar refractivity (Wildman–Crippen MR) is 62.0 cm³/mol. The molecule has 0 aliphatic carbocycles. The molecule has 1 aliphatic heterocycles. The molecule has 1 rings (SSSR count). The Hall–Kier alpha value is -1.10. The molecule has 0 atom stereocenters. The average Bonchev–Trinajstić information content (AvgIpc) is 2.79. The zero-order chi connectivity index (χ0) is 12.0. The van der Waals surface area contributed by atoms with Crippen LogP contribution in [0.15, 0.2) is 0 Å². The molecule has 5 heteroatoms. The summed E-state index contributed by atoms with van der Waals surface area (Å²) in [6.45, 7) is 4.90. The van der Waals surface area contributed by atoms with E-state index < -0.39 is 0 Å². The van der Waals surface area contributed by atoms with E-state index in [0.717, 1.165) is 32.5 Å². The summed E-state index contributed by atoms with van der Waals surface area (Å²) in [6.07, 6.45) is 2.17. The molecule has 16 heavy (non-hydrogen) atoms. The van der Waals surface area contributed by atoms with Crippen LogP contribution in [0.5, 0.6) is 0 Å². The lowest BCUT2D eigenvalue weighted by molar-refractivity contribution is -0.138. The minimum atomic E-state index is -0.0330. The lowest BCUT2D eigenvalue weighted by Gasteiger charge is -2.21. The van der Waals surface area contributed by atoms with Gasteiger partial charge in [0.1, 0.15) is 0 Å². The van der Waals surface area contributed by atoms with Crippen molar-refractivity contribution in [2.45, 2.75) is 19.8 Å². The zero-order valence-electron chi connectivity index (χ0n) is 10.2. The molecule has 0 aromatic heterocycles. The first-order valence-corrected chi connectivity index (χ1v) is 5.87. The largest absolute Gasteiger partial charge is 0.341 e. The molecule has 0 spiro atoms. The van der Waals surface area contributed by atoms with Crippen molar-refractivity contribution in [3.05, 3.63) is 0 Å². The van der Waals surface area contributed by atoms with Gasteiger partial charge in [0.15, 0.2) is 0 Å². The fourth-order valence-electron chi connectivity index (χ4n) is 1.72. The molecular formula is C11H21N3O2. The predicted octanol–water partition coefficient (Wildman–Crippen LogP) is -0.323. The Morgan fingerprint density at radius 2 is 1.94 bits per heavy atom. The van der Waals surface area contributed by atoms with Crippen LogP contribution < -0.4 is 5.32 Å². The monoisotopic (exact) mass is 227 g/mol. The number of nitrogens with zero attached hydrogens (tertiary/aromatic N) is 2. The molecule has 1 fully saturated rings. The van der Waals surface area contributed by atoms with Crippen LogP contribution in [0.25, 0.3) is 0 Å². The third-order valence-electron chi connectivity index (χ3n) is 2.78. The van der Waals surface area contributed by atoms with Crippen LogP contribution in [-0.2, 0) is 9.59 Å². The Bertz CT molecular complexity index is 250. The van der Waals surface area contributed by atoms with Crippen molar-refractivity contribution in [3.8, 4) is 0 Å². The number of rotatable bonds is 5. The van der Waals surface area contributed by atoms with Gasteiger partial charge in [-0.2, -0.15) is 0 Å². The standard InChI is InChI=1S/C11H21N3O2/c1-3-12-8-10(15)13(2)9-11(16)14-6-4-5-7-14/h12H,3-9H2,1-2H3. The summed E-state index contributed by atoms with van der Waals surface area (Å²) in [5.74, 6) is 0.0271. The SMILES string of the molecule is CCNCC(=O)N(C)CC(=O)N1CCCC1. The number of amides is 2. The first kappa shape index (κ1) is 13.0. The summed E-state index contributed by atoms with van der Waals surface area (Å²) < 4.78 is 0. The van der Waals surface area contributed by atoms with E-state index in [0.29, 0.717) is 6.54 Å². The fraction of sp³-hybridized carbons (Fsp3) is 0.818. The molecule has 0 saturated carbocycles. The number of likely N-dealkylation sites (tertiary alicyclic amines) is 1. The van der Waals surface area contributed by atoms with Gasteiger partial charge in [-0.15, -0.1) is 0 Å². The van der Waals surface area contributed by atoms with Crippen molar-refractivity contribution >= 4 is 11.8 Å². The van der Waals surface area contributed by atoms with Gasteiger partial charge in [0, 0.05) is 20.1 Å². The van der Waals surface area contributed by atoms with Crippen molar-refractivity contribution in [1.29, 1.82) is 0 Å². The Labute approximate surface area is 96.8 Å². The maximum absolute atomic E-state index is 11.7. The van der Waals surface area contributed by atoms with Crippen LogP contribution in [0.4, 0.5) is 0 Å². The van der Waals surface area contributed by atoms with Gasteiger partial charge in [-0.05, 0) is 19.4 Å². The molecule has 0 unspecified atom stereocenters. The van der Waals surface area contributed by atoms with Crippen LogP contribution >= 0.6 is 0 Å². The van der Waals surface area contributed by atoms with Gasteiger partial charge < -0.3 is 15.1 Å². The zero-order valence-corrected chi connectivity index (χ0v) is 10.2. The summed E-state index contributed by atoms with van der Waals surface area (Å²) >= 11 is 0. The first-order valence-electron chi connectivity index (χ1n) is 5.87.